The summed E-state index contributed by atoms with van der Waals surface area (Å²) in [5, 5.41) is 3.40. The summed E-state index contributed by atoms with van der Waals surface area (Å²) < 4.78 is 1.15. The van der Waals surface area contributed by atoms with Crippen LogP contribution in [0.4, 0.5) is 0 Å². The van der Waals surface area contributed by atoms with Crippen molar-refractivity contribution in [2.75, 3.05) is 17.5 Å². The monoisotopic (exact) mass is 298 g/mol. The van der Waals surface area contributed by atoms with Gasteiger partial charge in [0.05, 0.1) is 0 Å². The van der Waals surface area contributed by atoms with Gasteiger partial charge in [-0.15, -0.1) is 0 Å². The van der Waals surface area contributed by atoms with Gasteiger partial charge in [0, 0.05) is 23.6 Å². The van der Waals surface area contributed by atoms with Crippen molar-refractivity contribution in [1.82, 2.24) is 5.32 Å². The first-order valence-corrected chi connectivity index (χ1v) is 6.04. The Morgan fingerprint density at radius 1 is 1.54 bits per heavy atom. The van der Waals surface area contributed by atoms with Gasteiger partial charge in [0.1, 0.15) is 0 Å². The molecule has 0 radical (unpaired) electrons. The molecule has 1 atom stereocenters. The fourth-order valence-electron chi connectivity index (χ4n) is 1.01. The van der Waals surface area contributed by atoms with Crippen LogP contribution in [0.5, 0.6) is 0 Å². The lowest BCUT2D eigenvalue weighted by molar-refractivity contribution is 0.519. The third-order valence-corrected chi connectivity index (χ3v) is 2.22. The van der Waals surface area contributed by atoms with Gasteiger partial charge in [0.25, 0.3) is 0 Å². The van der Waals surface area contributed by atoms with Gasteiger partial charge in [-0.1, -0.05) is 22.6 Å². The number of nitrogens with zero attached hydrogens (tertiary/aromatic N) is 1. The minimum absolute atomic E-state index is 0.188. The molecule has 0 rings (SSSR count). The summed E-state index contributed by atoms with van der Waals surface area (Å²) in [5.41, 5.74) is 10.4. The van der Waals surface area contributed by atoms with Crippen molar-refractivity contribution in [3.05, 3.63) is 0 Å². The molecule has 13 heavy (non-hydrogen) atoms. The molecule has 0 unspecified atom stereocenters. The molecule has 78 valence electrons. The predicted molar refractivity (Wildman–Crippen MR) is 66.3 cm³/mol. The minimum atomic E-state index is 0.188. The summed E-state index contributed by atoms with van der Waals surface area (Å²) in [6.07, 6.45) is 2.15. The maximum atomic E-state index is 5.20. The van der Waals surface area contributed by atoms with Crippen LogP contribution in [-0.2, 0) is 0 Å². The van der Waals surface area contributed by atoms with Crippen molar-refractivity contribution in [3.8, 4) is 0 Å². The van der Waals surface area contributed by atoms with Crippen LogP contribution in [0.2, 0.25) is 0 Å². The highest BCUT2D eigenvalue weighted by Crippen LogP contribution is 1.96. The minimum Gasteiger partial charge on any atom is -0.370 e. The zero-order valence-corrected chi connectivity index (χ0v) is 10.3. The number of guanidine groups is 1. The van der Waals surface area contributed by atoms with Crippen molar-refractivity contribution in [2.24, 2.45) is 16.5 Å². The Balaban J connectivity index is 3.26. The molecule has 0 heterocycles. The molecule has 0 amide bonds. The Labute approximate surface area is 93.7 Å². The van der Waals surface area contributed by atoms with E-state index in [0.29, 0.717) is 6.04 Å². The van der Waals surface area contributed by atoms with E-state index in [0.717, 1.165) is 30.4 Å². The smallest absolute Gasteiger partial charge is 0.185 e. The Morgan fingerprint density at radius 2 is 2.23 bits per heavy atom. The van der Waals surface area contributed by atoms with E-state index in [9.17, 15) is 0 Å². The quantitative estimate of drug-likeness (QED) is 0.210. The molecule has 0 aliphatic carbocycles. The molecule has 5 N–H and O–H groups in total. The Bertz CT molecular complexity index is 145. The molecule has 0 aliphatic heterocycles. The summed E-state index contributed by atoms with van der Waals surface area (Å²) in [7, 11) is 0. The molecule has 0 saturated carbocycles. The van der Waals surface area contributed by atoms with Crippen molar-refractivity contribution in [3.63, 3.8) is 0 Å². The standard InChI is InChI=1S/C8H19IN4/c1-7(12-6-4-9)3-2-5-13-8(10)11/h7,12H,2-6H2,1H3,(H4,10,11,13)/t7-/m1/s1. The molecule has 0 saturated heterocycles. The summed E-state index contributed by atoms with van der Waals surface area (Å²) in [5.74, 6) is 0.188. The number of rotatable bonds is 7. The van der Waals surface area contributed by atoms with Crippen molar-refractivity contribution < 1.29 is 0 Å². The molecule has 5 heteroatoms. The molecule has 0 aromatic heterocycles. The number of hydrogen-bond acceptors (Lipinski definition) is 2. The number of nitrogens with two attached hydrogens (primary N) is 2. The van der Waals surface area contributed by atoms with Crippen LogP contribution in [0.15, 0.2) is 4.99 Å². The van der Waals surface area contributed by atoms with Gasteiger partial charge in [-0.3, -0.25) is 4.99 Å². The van der Waals surface area contributed by atoms with Crippen molar-refractivity contribution in [1.29, 1.82) is 0 Å². The summed E-state index contributed by atoms with van der Waals surface area (Å²) in [6, 6.07) is 0.559. The Kier molecular flexibility index (Phi) is 8.53. The molecule has 0 aliphatic rings. The van der Waals surface area contributed by atoms with E-state index in [1.165, 1.54) is 0 Å². The number of halogens is 1. The topological polar surface area (TPSA) is 76.4 Å². The first-order chi connectivity index (χ1) is 6.16. The molecule has 0 aromatic carbocycles. The van der Waals surface area contributed by atoms with E-state index >= 15 is 0 Å². The highest BCUT2D eigenvalue weighted by atomic mass is 127. The van der Waals surface area contributed by atoms with E-state index in [4.69, 9.17) is 11.5 Å². The Hall–Kier alpha value is -0.0400. The number of hydrogen-bond donors (Lipinski definition) is 3. The maximum absolute atomic E-state index is 5.20. The van der Waals surface area contributed by atoms with Crippen LogP contribution < -0.4 is 16.8 Å². The van der Waals surface area contributed by atoms with Gasteiger partial charge in [0.15, 0.2) is 5.96 Å². The number of alkyl halides is 1. The number of aliphatic imine (C=N–C) groups is 1. The first-order valence-electron chi connectivity index (χ1n) is 4.51. The lowest BCUT2D eigenvalue weighted by atomic mass is 10.2. The zero-order valence-electron chi connectivity index (χ0n) is 8.09. The second-order valence-corrected chi connectivity index (χ2v) is 4.07. The van der Waals surface area contributed by atoms with Crippen LogP contribution in [0.25, 0.3) is 0 Å². The second-order valence-electron chi connectivity index (χ2n) is 2.99. The van der Waals surface area contributed by atoms with Gasteiger partial charge < -0.3 is 16.8 Å². The van der Waals surface area contributed by atoms with E-state index < -0.39 is 0 Å². The fourth-order valence-corrected chi connectivity index (χ4v) is 1.32. The summed E-state index contributed by atoms with van der Waals surface area (Å²) in [6.45, 7) is 3.99. The van der Waals surface area contributed by atoms with Gasteiger partial charge in [-0.05, 0) is 19.8 Å². The van der Waals surface area contributed by atoms with Crippen LogP contribution in [0, 0.1) is 0 Å². The van der Waals surface area contributed by atoms with E-state index in [2.05, 4.69) is 39.8 Å². The third kappa shape index (κ3) is 9.88. The summed E-state index contributed by atoms with van der Waals surface area (Å²) in [4.78, 5) is 3.92. The van der Waals surface area contributed by atoms with E-state index in [1.807, 2.05) is 0 Å². The second kappa shape index (κ2) is 8.55. The molecule has 4 nitrogen and oxygen atoms in total. The SMILES string of the molecule is C[C@H](CCCN=C(N)N)NCCI. The van der Waals surface area contributed by atoms with Gasteiger partial charge in [-0.2, -0.15) is 0 Å². The lowest BCUT2D eigenvalue weighted by Crippen LogP contribution is -2.28. The van der Waals surface area contributed by atoms with Gasteiger partial charge >= 0.3 is 0 Å². The van der Waals surface area contributed by atoms with Crippen LogP contribution >= 0.6 is 22.6 Å². The normalized spacial score (nSPS) is 12.5. The van der Waals surface area contributed by atoms with Gasteiger partial charge in [-0.25, -0.2) is 0 Å². The van der Waals surface area contributed by atoms with Gasteiger partial charge in [0.2, 0.25) is 0 Å². The predicted octanol–water partition coefficient (Wildman–Crippen LogP) is 0.453. The maximum Gasteiger partial charge on any atom is 0.185 e. The molecule has 0 aromatic rings. The average molecular weight is 298 g/mol. The molecule has 0 spiro atoms. The largest absolute Gasteiger partial charge is 0.370 e. The Morgan fingerprint density at radius 3 is 2.77 bits per heavy atom. The molecular weight excluding hydrogens is 279 g/mol. The molecular formula is C8H19IN4. The van der Waals surface area contributed by atoms with E-state index in [-0.39, 0.29) is 5.96 Å². The third-order valence-electron chi connectivity index (χ3n) is 1.68. The van der Waals surface area contributed by atoms with Crippen LogP contribution in [0.3, 0.4) is 0 Å². The lowest BCUT2D eigenvalue weighted by Gasteiger charge is -2.11. The highest BCUT2D eigenvalue weighted by molar-refractivity contribution is 14.1. The molecule has 0 bridgehead atoms. The van der Waals surface area contributed by atoms with Crippen LogP contribution in [0.1, 0.15) is 19.8 Å². The van der Waals surface area contributed by atoms with E-state index in [1.54, 1.807) is 0 Å². The fraction of sp³-hybridized carbons (Fsp3) is 0.875. The molecule has 0 fully saturated rings. The average Bonchev–Trinajstić information content (AvgIpc) is 2.08. The van der Waals surface area contributed by atoms with Crippen molar-refractivity contribution >= 4 is 28.6 Å². The highest BCUT2D eigenvalue weighted by Gasteiger charge is 1.98. The number of nitrogens with one attached hydrogen (secondary N) is 1. The summed E-state index contributed by atoms with van der Waals surface area (Å²) >= 11 is 2.36. The zero-order chi connectivity index (χ0) is 10.1. The first kappa shape index (κ1) is 13.0. The van der Waals surface area contributed by atoms with Crippen molar-refractivity contribution in [2.45, 2.75) is 25.8 Å². The van der Waals surface area contributed by atoms with Crippen LogP contribution in [-0.4, -0.2) is 29.5 Å².